The van der Waals surface area contributed by atoms with Gasteiger partial charge in [0.05, 0.1) is 16.8 Å². The molecule has 2 aromatic rings. The van der Waals surface area contributed by atoms with Gasteiger partial charge in [0, 0.05) is 18.9 Å². The van der Waals surface area contributed by atoms with Crippen LogP contribution in [0, 0.1) is 0 Å². The van der Waals surface area contributed by atoms with Crippen LogP contribution in [-0.4, -0.2) is 28.8 Å². The van der Waals surface area contributed by atoms with Crippen LogP contribution in [0.2, 0.25) is 0 Å². The predicted octanol–water partition coefficient (Wildman–Crippen LogP) is 3.24. The lowest BCUT2D eigenvalue weighted by molar-refractivity contribution is -0.121. The molecule has 100 valence electrons. The second kappa shape index (κ2) is 5.39. The molecule has 0 radical (unpaired) electrons. The van der Waals surface area contributed by atoms with Crippen molar-refractivity contribution in [2.45, 2.75) is 38.3 Å². The van der Waals surface area contributed by atoms with Gasteiger partial charge < -0.3 is 0 Å². The van der Waals surface area contributed by atoms with Crippen LogP contribution in [0.3, 0.4) is 0 Å². The summed E-state index contributed by atoms with van der Waals surface area (Å²) in [6.45, 7) is 0.887. The molecule has 1 aliphatic carbocycles. The molecule has 1 fully saturated rings. The van der Waals surface area contributed by atoms with E-state index in [4.69, 9.17) is 0 Å². The number of hydrogen-bond donors (Lipinski definition) is 0. The standard InChI is InChI=1S/C15H18N2OS/c1-17(11-6-8-12(18)9-7-11)10-15-16-13-4-2-3-5-14(13)19-15/h2-5,11H,6-10H2,1H3. The van der Waals surface area contributed by atoms with Gasteiger partial charge in [-0.25, -0.2) is 4.98 Å². The van der Waals surface area contributed by atoms with Crippen LogP contribution in [0.25, 0.3) is 10.2 Å². The van der Waals surface area contributed by atoms with Gasteiger partial charge in [0.25, 0.3) is 0 Å². The molecular weight excluding hydrogens is 256 g/mol. The summed E-state index contributed by atoms with van der Waals surface area (Å²) in [4.78, 5) is 18.3. The largest absolute Gasteiger partial charge is 0.300 e. The van der Waals surface area contributed by atoms with E-state index in [1.807, 2.05) is 6.07 Å². The zero-order valence-electron chi connectivity index (χ0n) is 11.1. The highest BCUT2D eigenvalue weighted by molar-refractivity contribution is 7.18. The Hall–Kier alpha value is -1.26. The van der Waals surface area contributed by atoms with E-state index in [1.165, 1.54) is 9.71 Å². The first-order valence-corrected chi connectivity index (χ1v) is 7.60. The van der Waals surface area contributed by atoms with Crippen molar-refractivity contribution in [3.63, 3.8) is 0 Å². The molecule has 0 amide bonds. The van der Waals surface area contributed by atoms with E-state index in [2.05, 4.69) is 35.1 Å². The second-order valence-electron chi connectivity index (χ2n) is 5.26. The Bertz CT molecular complexity index is 550. The quantitative estimate of drug-likeness (QED) is 0.861. The fourth-order valence-corrected chi connectivity index (χ4v) is 3.73. The van der Waals surface area contributed by atoms with Gasteiger partial charge in [-0.1, -0.05) is 12.1 Å². The predicted molar refractivity (Wildman–Crippen MR) is 78.4 cm³/mol. The molecule has 0 saturated heterocycles. The molecule has 19 heavy (non-hydrogen) atoms. The van der Waals surface area contributed by atoms with Gasteiger partial charge in [0.1, 0.15) is 10.8 Å². The van der Waals surface area contributed by atoms with Crippen molar-refractivity contribution in [3.05, 3.63) is 29.3 Å². The monoisotopic (exact) mass is 274 g/mol. The van der Waals surface area contributed by atoms with Gasteiger partial charge in [0.2, 0.25) is 0 Å². The van der Waals surface area contributed by atoms with Crippen molar-refractivity contribution in [2.24, 2.45) is 0 Å². The van der Waals surface area contributed by atoms with E-state index in [-0.39, 0.29) is 0 Å². The lowest BCUT2D eigenvalue weighted by atomic mass is 9.93. The van der Waals surface area contributed by atoms with Gasteiger partial charge in [-0.15, -0.1) is 11.3 Å². The van der Waals surface area contributed by atoms with Crippen LogP contribution in [-0.2, 0) is 11.3 Å². The van der Waals surface area contributed by atoms with E-state index in [0.29, 0.717) is 11.8 Å². The molecule has 0 unspecified atom stereocenters. The Balaban J connectivity index is 1.68. The minimum Gasteiger partial charge on any atom is -0.300 e. The molecule has 0 spiro atoms. The van der Waals surface area contributed by atoms with Crippen molar-refractivity contribution in [1.29, 1.82) is 0 Å². The van der Waals surface area contributed by atoms with Crippen molar-refractivity contribution >= 4 is 27.3 Å². The highest BCUT2D eigenvalue weighted by Gasteiger charge is 2.22. The third-order valence-electron chi connectivity index (χ3n) is 3.86. The summed E-state index contributed by atoms with van der Waals surface area (Å²) in [5.74, 6) is 0.421. The number of carbonyl (C=O) groups is 1. The number of hydrogen-bond acceptors (Lipinski definition) is 4. The SMILES string of the molecule is CN(Cc1nc2ccccc2s1)C1CCC(=O)CC1. The van der Waals surface area contributed by atoms with E-state index < -0.39 is 0 Å². The van der Waals surface area contributed by atoms with Crippen LogP contribution in [0.4, 0.5) is 0 Å². The number of nitrogens with zero attached hydrogens (tertiary/aromatic N) is 2. The number of benzene rings is 1. The van der Waals surface area contributed by atoms with Crippen molar-refractivity contribution < 1.29 is 4.79 Å². The maximum atomic E-state index is 11.3. The molecule has 1 aromatic heterocycles. The van der Waals surface area contributed by atoms with Crippen molar-refractivity contribution in [3.8, 4) is 0 Å². The van der Waals surface area contributed by atoms with Crippen LogP contribution >= 0.6 is 11.3 Å². The average Bonchev–Trinajstić information content (AvgIpc) is 2.81. The van der Waals surface area contributed by atoms with E-state index in [1.54, 1.807) is 11.3 Å². The number of rotatable bonds is 3. The van der Waals surface area contributed by atoms with Gasteiger partial charge in [-0.2, -0.15) is 0 Å². The highest BCUT2D eigenvalue weighted by Crippen LogP contribution is 2.25. The lowest BCUT2D eigenvalue weighted by Gasteiger charge is -2.29. The number of ketones is 1. The summed E-state index contributed by atoms with van der Waals surface area (Å²) in [5.41, 5.74) is 1.09. The van der Waals surface area contributed by atoms with Crippen molar-refractivity contribution in [2.75, 3.05) is 7.05 Å². The maximum Gasteiger partial charge on any atom is 0.133 e. The third-order valence-corrected chi connectivity index (χ3v) is 4.88. The normalized spacial score (nSPS) is 17.5. The van der Waals surface area contributed by atoms with Crippen LogP contribution in [0.15, 0.2) is 24.3 Å². The van der Waals surface area contributed by atoms with E-state index >= 15 is 0 Å². The molecule has 3 nitrogen and oxygen atoms in total. The molecule has 1 heterocycles. The summed E-state index contributed by atoms with van der Waals surface area (Å²) in [6.07, 6.45) is 3.49. The molecule has 0 atom stereocenters. The summed E-state index contributed by atoms with van der Waals surface area (Å²) in [7, 11) is 2.15. The average molecular weight is 274 g/mol. The highest BCUT2D eigenvalue weighted by atomic mass is 32.1. The molecule has 1 saturated carbocycles. The molecular formula is C15H18N2OS. The van der Waals surface area contributed by atoms with Gasteiger partial charge in [-0.05, 0) is 32.0 Å². The minimum absolute atomic E-state index is 0.421. The van der Waals surface area contributed by atoms with E-state index in [0.717, 1.165) is 37.7 Å². The van der Waals surface area contributed by atoms with Crippen LogP contribution in [0.5, 0.6) is 0 Å². The summed E-state index contributed by atoms with van der Waals surface area (Å²) in [5, 5.41) is 1.17. The smallest absolute Gasteiger partial charge is 0.133 e. The Morgan fingerprint density at radius 3 is 2.79 bits per heavy atom. The minimum atomic E-state index is 0.421. The first kappa shape index (κ1) is 12.8. The Labute approximate surface area is 117 Å². The molecule has 3 rings (SSSR count). The second-order valence-corrected chi connectivity index (χ2v) is 6.38. The number of fused-ring (bicyclic) bond motifs is 1. The molecule has 4 heteroatoms. The van der Waals surface area contributed by atoms with Crippen molar-refractivity contribution in [1.82, 2.24) is 9.88 Å². The number of thiazole rings is 1. The number of carbonyl (C=O) groups excluding carboxylic acids is 1. The first-order chi connectivity index (χ1) is 9.22. The van der Waals surface area contributed by atoms with Gasteiger partial charge >= 0.3 is 0 Å². The maximum absolute atomic E-state index is 11.3. The topological polar surface area (TPSA) is 33.2 Å². The molecule has 0 aliphatic heterocycles. The summed E-state index contributed by atoms with van der Waals surface area (Å²) in [6, 6.07) is 8.80. The Morgan fingerprint density at radius 2 is 2.05 bits per heavy atom. The fraction of sp³-hybridized carbons (Fsp3) is 0.467. The Morgan fingerprint density at radius 1 is 1.32 bits per heavy atom. The first-order valence-electron chi connectivity index (χ1n) is 6.79. The molecule has 1 aliphatic rings. The fourth-order valence-electron chi connectivity index (χ4n) is 2.70. The van der Waals surface area contributed by atoms with Gasteiger partial charge in [-0.3, -0.25) is 9.69 Å². The zero-order chi connectivity index (χ0) is 13.2. The van der Waals surface area contributed by atoms with E-state index in [9.17, 15) is 4.79 Å². The number of Topliss-reactive ketones (excluding diaryl/α,β-unsaturated/α-hetero) is 1. The van der Waals surface area contributed by atoms with Gasteiger partial charge in [0.15, 0.2) is 0 Å². The molecule has 0 bridgehead atoms. The Kier molecular flexibility index (Phi) is 3.62. The number of para-hydroxylation sites is 1. The molecule has 0 N–H and O–H groups in total. The lowest BCUT2D eigenvalue weighted by Crippen LogP contribution is -2.34. The zero-order valence-corrected chi connectivity index (χ0v) is 11.9. The van der Waals surface area contributed by atoms with Crippen LogP contribution in [0.1, 0.15) is 30.7 Å². The molecule has 1 aromatic carbocycles. The summed E-state index contributed by atoms with van der Waals surface area (Å²) < 4.78 is 1.25. The van der Waals surface area contributed by atoms with Crippen LogP contribution < -0.4 is 0 Å². The third kappa shape index (κ3) is 2.85. The number of aromatic nitrogens is 1. The summed E-state index contributed by atoms with van der Waals surface area (Å²) >= 11 is 1.77.